The van der Waals surface area contributed by atoms with Crippen molar-refractivity contribution >= 4 is 0 Å². The molecule has 1 atom stereocenters. The van der Waals surface area contributed by atoms with Crippen molar-refractivity contribution in [1.82, 2.24) is 0 Å². The second-order valence-corrected chi connectivity index (χ2v) is 3.46. The van der Waals surface area contributed by atoms with E-state index in [2.05, 4.69) is 37.8 Å². The van der Waals surface area contributed by atoms with Gasteiger partial charge in [0.05, 0.1) is 12.7 Å². The van der Waals surface area contributed by atoms with Crippen LogP contribution in [0.15, 0.2) is 43.0 Å². The van der Waals surface area contributed by atoms with Crippen LogP contribution >= 0.6 is 0 Å². The molecule has 0 aliphatic heterocycles. The maximum atomic E-state index is 5.49. The standard InChI is InChI=1S/C13H18O/c1-3-11-14-12(2)9-10-13-7-5-4-6-8-13/h3-8,12H,1,9-11H2,2H3. The van der Waals surface area contributed by atoms with Crippen LogP contribution in [-0.4, -0.2) is 12.7 Å². The van der Waals surface area contributed by atoms with Gasteiger partial charge in [-0.1, -0.05) is 36.4 Å². The molecule has 0 aromatic heterocycles. The summed E-state index contributed by atoms with van der Waals surface area (Å²) >= 11 is 0. The van der Waals surface area contributed by atoms with Gasteiger partial charge in [-0.05, 0) is 25.3 Å². The summed E-state index contributed by atoms with van der Waals surface area (Å²) in [6.07, 6.45) is 4.25. The summed E-state index contributed by atoms with van der Waals surface area (Å²) in [6, 6.07) is 10.5. The van der Waals surface area contributed by atoms with E-state index < -0.39 is 0 Å². The second kappa shape index (κ2) is 6.39. The predicted octanol–water partition coefficient (Wildman–Crippen LogP) is 3.21. The van der Waals surface area contributed by atoms with Crippen LogP contribution in [-0.2, 0) is 11.2 Å². The van der Waals surface area contributed by atoms with Crippen molar-refractivity contribution in [3.8, 4) is 0 Å². The Bertz CT molecular complexity index is 253. The Morgan fingerprint density at radius 3 is 2.71 bits per heavy atom. The number of hydrogen-bond acceptors (Lipinski definition) is 1. The zero-order valence-corrected chi connectivity index (χ0v) is 8.78. The first kappa shape index (κ1) is 11.0. The monoisotopic (exact) mass is 190 g/mol. The highest BCUT2D eigenvalue weighted by atomic mass is 16.5. The van der Waals surface area contributed by atoms with Crippen molar-refractivity contribution in [2.45, 2.75) is 25.9 Å². The Morgan fingerprint density at radius 1 is 1.36 bits per heavy atom. The van der Waals surface area contributed by atoms with E-state index in [-0.39, 0.29) is 0 Å². The summed E-state index contributed by atoms with van der Waals surface area (Å²) in [5, 5.41) is 0. The lowest BCUT2D eigenvalue weighted by atomic mass is 10.1. The molecule has 0 heterocycles. The van der Waals surface area contributed by atoms with E-state index in [1.807, 2.05) is 6.07 Å². The van der Waals surface area contributed by atoms with Crippen LogP contribution in [0.2, 0.25) is 0 Å². The number of benzene rings is 1. The lowest BCUT2D eigenvalue weighted by Crippen LogP contribution is -2.09. The fourth-order valence-corrected chi connectivity index (χ4v) is 1.33. The minimum atomic E-state index is 0.313. The Hall–Kier alpha value is -1.08. The molecular weight excluding hydrogens is 172 g/mol. The molecule has 1 aromatic rings. The zero-order chi connectivity index (χ0) is 10.2. The number of hydrogen-bond donors (Lipinski definition) is 0. The van der Waals surface area contributed by atoms with E-state index in [1.165, 1.54) is 5.56 Å². The lowest BCUT2D eigenvalue weighted by molar-refractivity contribution is 0.0823. The fourth-order valence-electron chi connectivity index (χ4n) is 1.33. The van der Waals surface area contributed by atoms with Gasteiger partial charge >= 0.3 is 0 Å². The average Bonchev–Trinajstić information content (AvgIpc) is 2.25. The molecule has 14 heavy (non-hydrogen) atoms. The highest BCUT2D eigenvalue weighted by Gasteiger charge is 2.00. The third-order valence-corrected chi connectivity index (χ3v) is 2.18. The maximum absolute atomic E-state index is 5.49. The van der Waals surface area contributed by atoms with Crippen molar-refractivity contribution in [3.05, 3.63) is 48.6 Å². The van der Waals surface area contributed by atoms with Gasteiger partial charge in [-0.15, -0.1) is 6.58 Å². The largest absolute Gasteiger partial charge is 0.374 e. The van der Waals surface area contributed by atoms with E-state index in [0.29, 0.717) is 12.7 Å². The van der Waals surface area contributed by atoms with E-state index in [9.17, 15) is 0 Å². The van der Waals surface area contributed by atoms with Gasteiger partial charge in [-0.3, -0.25) is 0 Å². The van der Waals surface area contributed by atoms with Crippen molar-refractivity contribution in [2.75, 3.05) is 6.61 Å². The van der Waals surface area contributed by atoms with Crippen molar-refractivity contribution in [1.29, 1.82) is 0 Å². The first-order valence-electron chi connectivity index (χ1n) is 5.09. The summed E-state index contributed by atoms with van der Waals surface area (Å²) in [4.78, 5) is 0. The summed E-state index contributed by atoms with van der Waals surface area (Å²) in [6.45, 7) is 6.38. The van der Waals surface area contributed by atoms with Gasteiger partial charge in [0.2, 0.25) is 0 Å². The number of ether oxygens (including phenoxy) is 1. The van der Waals surface area contributed by atoms with Crippen LogP contribution in [0.3, 0.4) is 0 Å². The predicted molar refractivity (Wildman–Crippen MR) is 60.4 cm³/mol. The van der Waals surface area contributed by atoms with Gasteiger partial charge in [0.1, 0.15) is 0 Å². The summed E-state index contributed by atoms with van der Waals surface area (Å²) in [5.41, 5.74) is 1.38. The van der Waals surface area contributed by atoms with Gasteiger partial charge < -0.3 is 4.74 Å². The van der Waals surface area contributed by atoms with Crippen LogP contribution in [0.5, 0.6) is 0 Å². The Morgan fingerprint density at radius 2 is 2.07 bits per heavy atom. The van der Waals surface area contributed by atoms with Crippen LogP contribution in [0.1, 0.15) is 18.9 Å². The molecule has 1 unspecified atom stereocenters. The lowest BCUT2D eigenvalue weighted by Gasteiger charge is -2.11. The Balaban J connectivity index is 2.23. The van der Waals surface area contributed by atoms with Crippen LogP contribution in [0.25, 0.3) is 0 Å². The molecule has 0 spiro atoms. The van der Waals surface area contributed by atoms with Gasteiger partial charge in [-0.2, -0.15) is 0 Å². The van der Waals surface area contributed by atoms with E-state index in [0.717, 1.165) is 12.8 Å². The molecule has 1 heteroatoms. The van der Waals surface area contributed by atoms with Gasteiger partial charge in [-0.25, -0.2) is 0 Å². The minimum absolute atomic E-state index is 0.313. The first-order valence-corrected chi connectivity index (χ1v) is 5.09. The molecule has 0 saturated heterocycles. The molecule has 0 aliphatic rings. The third kappa shape index (κ3) is 4.24. The minimum Gasteiger partial charge on any atom is -0.374 e. The molecule has 0 saturated carbocycles. The molecule has 1 rings (SSSR count). The molecule has 0 aliphatic carbocycles. The Labute approximate surface area is 86.4 Å². The average molecular weight is 190 g/mol. The third-order valence-electron chi connectivity index (χ3n) is 2.18. The highest BCUT2D eigenvalue weighted by Crippen LogP contribution is 2.06. The van der Waals surface area contributed by atoms with Crippen molar-refractivity contribution in [2.24, 2.45) is 0 Å². The second-order valence-electron chi connectivity index (χ2n) is 3.46. The summed E-state index contributed by atoms with van der Waals surface area (Å²) < 4.78 is 5.49. The highest BCUT2D eigenvalue weighted by molar-refractivity contribution is 5.14. The van der Waals surface area contributed by atoms with Crippen LogP contribution < -0.4 is 0 Å². The molecule has 76 valence electrons. The Kier molecular flexibility index (Phi) is 5.02. The van der Waals surface area contributed by atoms with Crippen molar-refractivity contribution < 1.29 is 4.74 Å². The van der Waals surface area contributed by atoms with E-state index >= 15 is 0 Å². The summed E-state index contributed by atoms with van der Waals surface area (Å²) in [5.74, 6) is 0. The molecule has 0 radical (unpaired) electrons. The first-order chi connectivity index (χ1) is 6.83. The molecule has 1 aromatic carbocycles. The smallest absolute Gasteiger partial charge is 0.0648 e. The summed E-state index contributed by atoms with van der Waals surface area (Å²) in [7, 11) is 0. The normalized spacial score (nSPS) is 12.4. The molecular formula is C13H18O. The quantitative estimate of drug-likeness (QED) is 0.626. The van der Waals surface area contributed by atoms with E-state index in [4.69, 9.17) is 4.74 Å². The van der Waals surface area contributed by atoms with Gasteiger partial charge in [0, 0.05) is 0 Å². The topological polar surface area (TPSA) is 9.23 Å². The van der Waals surface area contributed by atoms with Crippen LogP contribution in [0, 0.1) is 0 Å². The molecule has 0 fully saturated rings. The van der Waals surface area contributed by atoms with E-state index in [1.54, 1.807) is 6.08 Å². The number of rotatable bonds is 6. The van der Waals surface area contributed by atoms with Gasteiger partial charge in [0.25, 0.3) is 0 Å². The molecule has 0 N–H and O–H groups in total. The fraction of sp³-hybridized carbons (Fsp3) is 0.385. The van der Waals surface area contributed by atoms with Gasteiger partial charge in [0.15, 0.2) is 0 Å². The molecule has 0 bridgehead atoms. The molecule has 1 nitrogen and oxygen atoms in total. The molecule has 0 amide bonds. The van der Waals surface area contributed by atoms with Crippen LogP contribution in [0.4, 0.5) is 0 Å². The number of aryl methyl sites for hydroxylation is 1. The van der Waals surface area contributed by atoms with Crippen molar-refractivity contribution in [3.63, 3.8) is 0 Å². The zero-order valence-electron chi connectivity index (χ0n) is 8.78. The SMILES string of the molecule is C=CCOC(C)CCc1ccccc1. The maximum Gasteiger partial charge on any atom is 0.0648 e.